The normalized spacial score (nSPS) is 11.1. The van der Waals surface area contributed by atoms with Crippen molar-refractivity contribution in [2.75, 3.05) is 6.61 Å². The summed E-state index contributed by atoms with van der Waals surface area (Å²) in [6.45, 7) is 4.42. The van der Waals surface area contributed by atoms with E-state index in [-0.39, 0.29) is 11.5 Å². The summed E-state index contributed by atoms with van der Waals surface area (Å²) < 4.78 is 6.93. The molecule has 3 aromatic carbocycles. The average molecular weight is 527 g/mol. The molecule has 2 aromatic heterocycles. The molecule has 5 nitrogen and oxygen atoms in total. The quantitative estimate of drug-likeness (QED) is 0.121. The number of thioether (sulfide) groups is 1. The van der Waals surface area contributed by atoms with Gasteiger partial charge in [-0.15, -0.1) is 11.3 Å². The van der Waals surface area contributed by atoms with E-state index in [0.717, 1.165) is 38.5 Å². The summed E-state index contributed by atoms with van der Waals surface area (Å²) in [6, 6.07) is 27.1. The molecule has 0 fully saturated rings. The average Bonchev–Trinajstić information content (AvgIpc) is 3.27. The molecule has 37 heavy (non-hydrogen) atoms. The van der Waals surface area contributed by atoms with Gasteiger partial charge in [0, 0.05) is 16.2 Å². The van der Waals surface area contributed by atoms with Gasteiger partial charge < -0.3 is 4.74 Å². The molecule has 0 saturated heterocycles. The van der Waals surface area contributed by atoms with Crippen LogP contribution in [0, 0.1) is 6.92 Å². The molecule has 0 aliphatic carbocycles. The predicted octanol–water partition coefficient (Wildman–Crippen LogP) is 7.28. The first kappa shape index (κ1) is 25.0. The highest BCUT2D eigenvalue weighted by atomic mass is 32.2. The van der Waals surface area contributed by atoms with Crippen molar-refractivity contribution in [2.45, 2.75) is 31.2 Å². The summed E-state index contributed by atoms with van der Waals surface area (Å²) in [4.78, 5) is 32.9. The molecule has 0 radical (unpaired) electrons. The number of carbonyl (C=O) groups is 1. The number of esters is 1. The number of thiophene rings is 1. The zero-order valence-electron chi connectivity index (χ0n) is 20.6. The standard InChI is InChI=1S/C30H26N2O3S2/c1-3-18-35-29(34)23-16-14-21(15-17-23)19-36-30-31-27-26(28(33)32(30)24-12-8-5-9-13-24)25(20(2)37-27)22-10-6-4-7-11-22/h4-17H,3,18-19H2,1-2H3. The Balaban J connectivity index is 1.53. The molecule has 5 rings (SSSR count). The molecule has 0 aliphatic heterocycles. The molecule has 0 unspecified atom stereocenters. The minimum atomic E-state index is -0.312. The summed E-state index contributed by atoms with van der Waals surface area (Å²) in [6.07, 6.45) is 0.789. The van der Waals surface area contributed by atoms with Crippen molar-refractivity contribution < 1.29 is 9.53 Å². The predicted molar refractivity (Wildman–Crippen MR) is 152 cm³/mol. The van der Waals surface area contributed by atoms with Crippen LogP contribution >= 0.6 is 23.1 Å². The van der Waals surface area contributed by atoms with Gasteiger partial charge in [-0.25, -0.2) is 9.78 Å². The molecule has 2 heterocycles. The van der Waals surface area contributed by atoms with Crippen LogP contribution in [0.15, 0.2) is 94.9 Å². The molecular weight excluding hydrogens is 500 g/mol. The number of aryl methyl sites for hydroxylation is 1. The van der Waals surface area contributed by atoms with Crippen molar-refractivity contribution in [3.63, 3.8) is 0 Å². The maximum Gasteiger partial charge on any atom is 0.338 e. The maximum absolute atomic E-state index is 14.0. The van der Waals surface area contributed by atoms with Crippen molar-refractivity contribution in [3.8, 4) is 16.8 Å². The number of ether oxygens (including phenoxy) is 1. The van der Waals surface area contributed by atoms with Crippen molar-refractivity contribution in [1.29, 1.82) is 0 Å². The van der Waals surface area contributed by atoms with Gasteiger partial charge in [-0.3, -0.25) is 9.36 Å². The van der Waals surface area contributed by atoms with Crippen LogP contribution in [0.25, 0.3) is 27.0 Å². The smallest absolute Gasteiger partial charge is 0.338 e. The van der Waals surface area contributed by atoms with E-state index in [2.05, 4.69) is 0 Å². The molecule has 0 atom stereocenters. The number of hydrogen-bond acceptors (Lipinski definition) is 6. The van der Waals surface area contributed by atoms with Crippen LogP contribution < -0.4 is 5.56 Å². The topological polar surface area (TPSA) is 61.2 Å². The Morgan fingerprint density at radius 2 is 1.65 bits per heavy atom. The van der Waals surface area contributed by atoms with Crippen LogP contribution in [0.5, 0.6) is 0 Å². The molecule has 186 valence electrons. The number of fused-ring (bicyclic) bond motifs is 1. The fourth-order valence-electron chi connectivity index (χ4n) is 4.16. The number of hydrogen-bond donors (Lipinski definition) is 0. The van der Waals surface area contributed by atoms with Gasteiger partial charge in [-0.1, -0.05) is 79.3 Å². The summed E-state index contributed by atoms with van der Waals surface area (Å²) >= 11 is 3.06. The Kier molecular flexibility index (Phi) is 7.53. The summed E-state index contributed by atoms with van der Waals surface area (Å²) in [5.41, 5.74) is 4.23. The lowest BCUT2D eigenvalue weighted by Gasteiger charge is -2.13. The van der Waals surface area contributed by atoms with Gasteiger partial charge in [0.2, 0.25) is 0 Å². The number of benzene rings is 3. The zero-order chi connectivity index (χ0) is 25.8. The fraction of sp³-hybridized carbons (Fsp3) is 0.167. The molecule has 5 aromatic rings. The van der Waals surface area contributed by atoms with Gasteiger partial charge in [-0.05, 0) is 48.7 Å². The SMILES string of the molecule is CCCOC(=O)c1ccc(CSc2nc3sc(C)c(-c4ccccc4)c3c(=O)n2-c2ccccc2)cc1. The van der Waals surface area contributed by atoms with Gasteiger partial charge in [0.15, 0.2) is 5.16 Å². The van der Waals surface area contributed by atoms with Crippen molar-refractivity contribution in [1.82, 2.24) is 9.55 Å². The molecular formula is C30H26N2O3S2. The van der Waals surface area contributed by atoms with E-state index in [9.17, 15) is 9.59 Å². The minimum absolute atomic E-state index is 0.0732. The van der Waals surface area contributed by atoms with Crippen molar-refractivity contribution in [3.05, 3.63) is 111 Å². The van der Waals surface area contributed by atoms with Gasteiger partial charge in [0.25, 0.3) is 5.56 Å². The van der Waals surface area contributed by atoms with E-state index in [1.807, 2.05) is 86.6 Å². The third-order valence-corrected chi connectivity index (χ3v) is 7.95. The largest absolute Gasteiger partial charge is 0.462 e. The van der Waals surface area contributed by atoms with E-state index in [4.69, 9.17) is 9.72 Å². The van der Waals surface area contributed by atoms with Crippen LogP contribution in [-0.2, 0) is 10.5 Å². The molecule has 0 spiro atoms. The Bertz CT molecular complexity index is 1590. The van der Waals surface area contributed by atoms with E-state index in [1.54, 1.807) is 28.0 Å². The Morgan fingerprint density at radius 1 is 0.973 bits per heavy atom. The van der Waals surface area contributed by atoms with Crippen LogP contribution in [0.1, 0.15) is 34.1 Å². The summed E-state index contributed by atoms with van der Waals surface area (Å²) in [5.74, 6) is 0.290. The number of rotatable bonds is 8. The third-order valence-electron chi connectivity index (χ3n) is 5.94. The second kappa shape index (κ2) is 11.2. The lowest BCUT2D eigenvalue weighted by Crippen LogP contribution is -2.21. The van der Waals surface area contributed by atoms with E-state index >= 15 is 0 Å². The van der Waals surface area contributed by atoms with Crippen LogP contribution in [0.3, 0.4) is 0 Å². The lowest BCUT2D eigenvalue weighted by molar-refractivity contribution is 0.0505. The Labute approximate surface area is 223 Å². The Morgan fingerprint density at radius 3 is 2.32 bits per heavy atom. The van der Waals surface area contributed by atoms with Gasteiger partial charge in [0.1, 0.15) is 4.83 Å². The van der Waals surface area contributed by atoms with Crippen LogP contribution in [0.4, 0.5) is 0 Å². The first-order chi connectivity index (χ1) is 18.1. The molecule has 0 saturated carbocycles. The van der Waals surface area contributed by atoms with Crippen molar-refractivity contribution in [2.24, 2.45) is 0 Å². The highest BCUT2D eigenvalue weighted by molar-refractivity contribution is 7.98. The summed E-state index contributed by atoms with van der Waals surface area (Å²) in [7, 11) is 0. The lowest BCUT2D eigenvalue weighted by atomic mass is 10.0. The second-order valence-corrected chi connectivity index (χ2v) is 10.7. The second-order valence-electron chi connectivity index (χ2n) is 8.57. The molecule has 7 heteroatoms. The Hall–Kier alpha value is -3.68. The van der Waals surface area contributed by atoms with Crippen LogP contribution in [0.2, 0.25) is 0 Å². The van der Waals surface area contributed by atoms with E-state index < -0.39 is 0 Å². The number of aromatic nitrogens is 2. The fourth-order valence-corrected chi connectivity index (χ4v) is 6.21. The third kappa shape index (κ3) is 5.24. The highest BCUT2D eigenvalue weighted by Gasteiger charge is 2.21. The first-order valence-electron chi connectivity index (χ1n) is 12.1. The maximum atomic E-state index is 14.0. The van der Waals surface area contributed by atoms with Crippen molar-refractivity contribution >= 4 is 39.3 Å². The summed E-state index contributed by atoms with van der Waals surface area (Å²) in [5, 5.41) is 1.29. The minimum Gasteiger partial charge on any atom is -0.462 e. The molecule has 0 aliphatic rings. The van der Waals surface area contributed by atoms with Gasteiger partial charge in [0.05, 0.1) is 23.2 Å². The first-order valence-corrected chi connectivity index (χ1v) is 13.9. The number of para-hydroxylation sites is 1. The molecule has 0 bridgehead atoms. The monoisotopic (exact) mass is 526 g/mol. The van der Waals surface area contributed by atoms with Gasteiger partial charge >= 0.3 is 5.97 Å². The van der Waals surface area contributed by atoms with Gasteiger partial charge in [-0.2, -0.15) is 0 Å². The van der Waals surface area contributed by atoms with E-state index in [0.29, 0.717) is 28.5 Å². The number of carbonyl (C=O) groups excluding carboxylic acids is 1. The van der Waals surface area contributed by atoms with E-state index in [1.165, 1.54) is 11.8 Å². The molecule has 0 amide bonds. The van der Waals surface area contributed by atoms with Crippen LogP contribution in [-0.4, -0.2) is 22.1 Å². The number of nitrogens with zero attached hydrogens (tertiary/aromatic N) is 2. The molecule has 0 N–H and O–H groups in total. The highest BCUT2D eigenvalue weighted by Crippen LogP contribution is 2.37. The zero-order valence-corrected chi connectivity index (χ0v) is 22.3.